The van der Waals surface area contributed by atoms with Crippen LogP contribution in [0.1, 0.15) is 13.8 Å². The SMILES string of the molecule is CC(=O)N[C@H]1[C@H](O[C@H]2[C@H](O)[C@@H](O)[C@H](O[C@H]3[C@@H](O)[C@@H](COS(=O)(=O)O)OC(O)[C@@H]3NC(C)=O)O[C@@H]2CO)O[C@H](COS(=O)(=O)O)[C@H](O)[C@@H]1O. The van der Waals surface area contributed by atoms with Gasteiger partial charge in [0.15, 0.2) is 18.9 Å². The van der Waals surface area contributed by atoms with Gasteiger partial charge in [-0.1, -0.05) is 0 Å². The molecule has 3 heterocycles. The molecule has 15 atom stereocenters. The monoisotopic (exact) mass is 746 g/mol. The van der Waals surface area contributed by atoms with E-state index in [0.717, 1.165) is 13.8 Å². The summed E-state index contributed by atoms with van der Waals surface area (Å²) in [4.78, 5) is 23.6. The van der Waals surface area contributed by atoms with Crippen LogP contribution in [0.5, 0.6) is 0 Å². The van der Waals surface area contributed by atoms with Gasteiger partial charge in [-0.05, 0) is 0 Å². The summed E-state index contributed by atoms with van der Waals surface area (Å²) in [5.41, 5.74) is 0. The van der Waals surface area contributed by atoms with Crippen molar-refractivity contribution in [2.75, 3.05) is 19.8 Å². The molecular formula is C22H38N2O22S2. The largest absolute Gasteiger partial charge is 0.397 e. The number of carbonyl (C=O) groups excluding carboxylic acids is 2. The van der Waals surface area contributed by atoms with E-state index in [1.807, 2.05) is 0 Å². The van der Waals surface area contributed by atoms with Crippen molar-refractivity contribution < 1.29 is 103 Å². The van der Waals surface area contributed by atoms with E-state index in [-0.39, 0.29) is 0 Å². The van der Waals surface area contributed by atoms with Crippen LogP contribution >= 0.6 is 0 Å². The molecule has 2 amide bonds. The van der Waals surface area contributed by atoms with Crippen molar-refractivity contribution in [3.63, 3.8) is 0 Å². The van der Waals surface area contributed by atoms with Gasteiger partial charge in [-0.15, -0.1) is 0 Å². The van der Waals surface area contributed by atoms with Crippen LogP contribution in [0.15, 0.2) is 0 Å². The summed E-state index contributed by atoms with van der Waals surface area (Å²) in [7, 11) is -10.1. The van der Waals surface area contributed by atoms with Crippen molar-refractivity contribution >= 4 is 32.6 Å². The van der Waals surface area contributed by atoms with Crippen LogP contribution < -0.4 is 10.6 Å². The maximum absolute atomic E-state index is 11.8. The Hall–Kier alpha value is -1.80. The number of amides is 2. The lowest BCUT2D eigenvalue weighted by molar-refractivity contribution is -0.364. The van der Waals surface area contributed by atoms with E-state index >= 15 is 0 Å². The van der Waals surface area contributed by atoms with Gasteiger partial charge in [-0.2, -0.15) is 16.8 Å². The predicted molar refractivity (Wildman–Crippen MR) is 145 cm³/mol. The minimum Gasteiger partial charge on any atom is -0.394 e. The zero-order valence-corrected chi connectivity index (χ0v) is 26.6. The zero-order valence-electron chi connectivity index (χ0n) is 24.9. The summed E-state index contributed by atoms with van der Waals surface area (Å²) >= 11 is 0. The number of ether oxygens (including phenoxy) is 5. The van der Waals surface area contributed by atoms with E-state index in [4.69, 9.17) is 32.8 Å². The predicted octanol–water partition coefficient (Wildman–Crippen LogP) is -7.63. The van der Waals surface area contributed by atoms with Crippen molar-refractivity contribution in [2.45, 2.75) is 106 Å². The van der Waals surface area contributed by atoms with E-state index < -0.39 is 144 Å². The second-order valence-corrected chi connectivity index (χ2v) is 13.0. The highest BCUT2D eigenvalue weighted by molar-refractivity contribution is 7.81. The fourth-order valence-electron chi connectivity index (χ4n) is 5.14. The Kier molecular flexibility index (Phi) is 13.9. The molecule has 48 heavy (non-hydrogen) atoms. The van der Waals surface area contributed by atoms with Gasteiger partial charge < -0.3 is 70.1 Å². The molecule has 3 rings (SSSR count). The molecule has 0 aromatic carbocycles. The van der Waals surface area contributed by atoms with Gasteiger partial charge in [0.25, 0.3) is 0 Å². The molecule has 0 aromatic rings. The van der Waals surface area contributed by atoms with Gasteiger partial charge in [0.05, 0.1) is 19.8 Å². The fourth-order valence-corrected chi connectivity index (χ4v) is 5.76. The molecule has 3 saturated heterocycles. The maximum atomic E-state index is 11.8. The molecule has 280 valence electrons. The van der Waals surface area contributed by atoms with Crippen LogP contribution in [-0.2, 0) is 62.4 Å². The van der Waals surface area contributed by atoms with Gasteiger partial charge in [0.1, 0.15) is 73.1 Å². The van der Waals surface area contributed by atoms with Crippen molar-refractivity contribution in [3.05, 3.63) is 0 Å². The highest BCUT2D eigenvalue weighted by Crippen LogP contribution is 2.32. The first-order chi connectivity index (χ1) is 22.1. The lowest BCUT2D eigenvalue weighted by atomic mass is 9.94. The van der Waals surface area contributed by atoms with Gasteiger partial charge in [-0.3, -0.25) is 18.7 Å². The Bertz CT molecular complexity index is 1320. The van der Waals surface area contributed by atoms with Crippen molar-refractivity contribution in [1.82, 2.24) is 10.6 Å². The Morgan fingerprint density at radius 1 is 0.625 bits per heavy atom. The minimum absolute atomic E-state index is 0.781. The number of nitrogens with one attached hydrogen (secondary N) is 2. The third-order valence-electron chi connectivity index (χ3n) is 7.30. The number of hydrogen-bond acceptors (Lipinski definition) is 20. The van der Waals surface area contributed by atoms with Crippen LogP contribution in [0.4, 0.5) is 0 Å². The quantitative estimate of drug-likeness (QED) is 0.0779. The van der Waals surface area contributed by atoms with Crippen molar-refractivity contribution in [3.8, 4) is 0 Å². The van der Waals surface area contributed by atoms with Crippen LogP contribution in [0.3, 0.4) is 0 Å². The van der Waals surface area contributed by atoms with Gasteiger partial charge in [0, 0.05) is 13.8 Å². The molecule has 24 nitrogen and oxygen atoms in total. The number of aliphatic hydroxyl groups excluding tert-OH is 7. The van der Waals surface area contributed by atoms with E-state index in [0.29, 0.717) is 0 Å². The Morgan fingerprint density at radius 2 is 1.10 bits per heavy atom. The van der Waals surface area contributed by atoms with E-state index in [1.54, 1.807) is 0 Å². The molecule has 0 aromatic heterocycles. The molecule has 0 spiro atoms. The van der Waals surface area contributed by atoms with Crippen LogP contribution in [-0.4, -0.2) is 185 Å². The van der Waals surface area contributed by atoms with Crippen LogP contribution in [0.25, 0.3) is 0 Å². The number of aliphatic hydroxyl groups is 7. The first-order valence-electron chi connectivity index (χ1n) is 13.9. The summed E-state index contributed by atoms with van der Waals surface area (Å²) in [5, 5.41) is 78.9. The molecule has 0 bridgehead atoms. The average Bonchev–Trinajstić information content (AvgIpc) is 2.96. The summed E-state index contributed by atoms with van der Waals surface area (Å²) in [5.74, 6) is -1.56. The van der Waals surface area contributed by atoms with Crippen molar-refractivity contribution in [1.29, 1.82) is 0 Å². The molecule has 0 saturated carbocycles. The first kappa shape index (κ1) is 40.6. The molecule has 3 aliphatic heterocycles. The lowest BCUT2D eigenvalue weighted by Gasteiger charge is -2.49. The number of rotatable bonds is 13. The zero-order chi connectivity index (χ0) is 36.3. The highest BCUT2D eigenvalue weighted by atomic mass is 32.3. The number of carbonyl (C=O) groups is 2. The molecule has 3 aliphatic rings. The third-order valence-corrected chi connectivity index (χ3v) is 8.17. The maximum Gasteiger partial charge on any atom is 0.397 e. The summed E-state index contributed by atoms with van der Waals surface area (Å²) in [6, 6.07) is -3.26. The second-order valence-electron chi connectivity index (χ2n) is 10.9. The first-order valence-corrected chi connectivity index (χ1v) is 16.6. The molecule has 0 aliphatic carbocycles. The molecule has 26 heteroatoms. The van der Waals surface area contributed by atoms with E-state index in [1.165, 1.54) is 0 Å². The van der Waals surface area contributed by atoms with Crippen LogP contribution in [0.2, 0.25) is 0 Å². The summed E-state index contributed by atoms with van der Waals surface area (Å²) < 4.78 is 97.6. The average molecular weight is 747 g/mol. The smallest absolute Gasteiger partial charge is 0.394 e. The molecule has 1 unspecified atom stereocenters. The van der Waals surface area contributed by atoms with Crippen LogP contribution in [0, 0.1) is 0 Å². The minimum atomic E-state index is -5.05. The lowest BCUT2D eigenvalue weighted by Crippen LogP contribution is -2.69. The summed E-state index contributed by atoms with van der Waals surface area (Å²) in [6.45, 7) is -1.12. The molecule has 0 radical (unpaired) electrons. The highest BCUT2D eigenvalue weighted by Gasteiger charge is 2.54. The third kappa shape index (κ3) is 10.6. The van der Waals surface area contributed by atoms with E-state index in [9.17, 15) is 62.2 Å². The Morgan fingerprint density at radius 3 is 1.60 bits per heavy atom. The topological polar surface area (TPSA) is 373 Å². The fraction of sp³-hybridized carbons (Fsp3) is 0.909. The molecule has 11 N–H and O–H groups in total. The van der Waals surface area contributed by atoms with E-state index in [2.05, 4.69) is 19.0 Å². The van der Waals surface area contributed by atoms with Gasteiger partial charge >= 0.3 is 20.8 Å². The normalized spacial score (nSPS) is 41.0. The Balaban J connectivity index is 1.84. The second kappa shape index (κ2) is 16.5. The van der Waals surface area contributed by atoms with Gasteiger partial charge in [0.2, 0.25) is 11.8 Å². The molecule has 3 fully saturated rings. The Labute approximate surface area is 272 Å². The summed E-state index contributed by atoms with van der Waals surface area (Å²) in [6.07, 6.45) is -24.8. The van der Waals surface area contributed by atoms with Crippen molar-refractivity contribution in [2.24, 2.45) is 0 Å². The standard InChI is InChI=1S/C22H38N2O22S2/c1-6(26)23-11-15(30)13(28)9(4-40-47(34,35)36)44-21(11)45-18-8(3-25)43-22(17(32)16(18)31)46-19-12(24-7(2)27)20(33)42-10(14(19)29)5-41-48(37,38)39/h8-22,25,28-33H,3-5H2,1-2H3,(H,23,26)(H,24,27)(H,34,35,36)(H,37,38,39)/t8-,9-,10-,11-,12-,13+,14+,15-,16-,17-,18-,19-,20?,21+,22+/m1/s1. The number of hydrogen-bond donors (Lipinski definition) is 11. The molecular weight excluding hydrogens is 708 g/mol. The van der Waals surface area contributed by atoms with Gasteiger partial charge in [-0.25, -0.2) is 8.37 Å².